The van der Waals surface area contributed by atoms with Crippen LogP contribution in [-0.4, -0.2) is 61.4 Å². The molecule has 2 heterocycles. The molecule has 0 spiro atoms. The van der Waals surface area contributed by atoms with Crippen LogP contribution in [0.2, 0.25) is 0 Å². The number of carbonyl (C=O) groups excluding carboxylic acids is 1. The van der Waals surface area contributed by atoms with Crippen LogP contribution in [0.25, 0.3) is 11.4 Å². The lowest BCUT2D eigenvalue weighted by molar-refractivity contribution is -0.126. The second kappa shape index (κ2) is 12.4. The molecule has 1 aliphatic rings. The van der Waals surface area contributed by atoms with E-state index in [-0.39, 0.29) is 11.8 Å². The Morgan fingerprint density at radius 1 is 1.14 bits per heavy atom. The first-order chi connectivity index (χ1) is 17.6. The monoisotopic (exact) mass is 494 g/mol. The van der Waals surface area contributed by atoms with Gasteiger partial charge in [-0.15, -0.1) is 0 Å². The van der Waals surface area contributed by atoms with Gasteiger partial charge in [0, 0.05) is 18.7 Å². The van der Waals surface area contributed by atoms with Crippen molar-refractivity contribution in [2.45, 2.75) is 32.7 Å². The molecule has 3 aromatic rings. The van der Waals surface area contributed by atoms with Gasteiger partial charge in [-0.3, -0.25) is 9.69 Å². The molecule has 9 nitrogen and oxygen atoms in total. The maximum absolute atomic E-state index is 12.8. The van der Waals surface area contributed by atoms with Gasteiger partial charge in [0.2, 0.25) is 17.6 Å². The highest BCUT2D eigenvalue weighted by molar-refractivity contribution is 5.79. The average molecular weight is 495 g/mol. The molecule has 0 saturated carbocycles. The van der Waals surface area contributed by atoms with Gasteiger partial charge in [-0.2, -0.15) is 4.98 Å². The maximum atomic E-state index is 12.8. The summed E-state index contributed by atoms with van der Waals surface area (Å²) < 4.78 is 21.6. The van der Waals surface area contributed by atoms with Crippen LogP contribution in [-0.2, 0) is 17.8 Å². The smallest absolute Gasteiger partial charge is 0.241 e. The highest BCUT2D eigenvalue weighted by atomic mass is 16.5. The second-order valence-corrected chi connectivity index (χ2v) is 8.77. The topological polar surface area (TPSA) is 99.0 Å². The molecule has 36 heavy (non-hydrogen) atoms. The van der Waals surface area contributed by atoms with Crippen LogP contribution in [0.1, 0.15) is 31.2 Å². The zero-order chi connectivity index (χ0) is 25.3. The van der Waals surface area contributed by atoms with E-state index in [1.54, 1.807) is 14.2 Å². The minimum Gasteiger partial charge on any atom is -0.494 e. The van der Waals surface area contributed by atoms with Crippen molar-refractivity contribution in [1.82, 2.24) is 20.4 Å². The SMILES string of the molecule is CCOc1ccc(CCNC(=O)[C@@H]2CCCN(Cc3nc(-c4ccc(OC)c(OC)c4)no3)C2)cc1. The number of likely N-dealkylation sites (tertiary alicyclic amines) is 1. The Kier molecular flexibility index (Phi) is 8.78. The molecular formula is C27H34N4O5. The number of amides is 1. The molecule has 9 heteroatoms. The molecule has 0 unspecified atom stereocenters. The van der Waals surface area contributed by atoms with Gasteiger partial charge >= 0.3 is 0 Å². The molecule has 0 bridgehead atoms. The number of rotatable bonds is 11. The fraction of sp³-hybridized carbons (Fsp3) is 0.444. The van der Waals surface area contributed by atoms with E-state index in [1.807, 2.05) is 49.4 Å². The molecule has 2 aromatic carbocycles. The van der Waals surface area contributed by atoms with Crippen molar-refractivity contribution in [2.75, 3.05) is 40.5 Å². The molecule has 4 rings (SSSR count). The number of piperidine rings is 1. The summed E-state index contributed by atoms with van der Waals surface area (Å²) in [6.07, 6.45) is 2.62. The summed E-state index contributed by atoms with van der Waals surface area (Å²) in [4.78, 5) is 19.5. The van der Waals surface area contributed by atoms with Gasteiger partial charge in [-0.05, 0) is 68.6 Å². The summed E-state index contributed by atoms with van der Waals surface area (Å²) in [5, 5.41) is 7.23. The van der Waals surface area contributed by atoms with E-state index >= 15 is 0 Å². The predicted octanol–water partition coefficient (Wildman–Crippen LogP) is 3.72. The number of nitrogens with zero attached hydrogens (tertiary/aromatic N) is 3. The molecule has 1 saturated heterocycles. The number of nitrogens with one attached hydrogen (secondary N) is 1. The van der Waals surface area contributed by atoms with Crippen molar-refractivity contribution in [1.29, 1.82) is 0 Å². The third-order valence-corrected chi connectivity index (χ3v) is 6.29. The lowest BCUT2D eigenvalue weighted by Crippen LogP contribution is -2.43. The van der Waals surface area contributed by atoms with Gasteiger partial charge in [-0.25, -0.2) is 0 Å². The van der Waals surface area contributed by atoms with Gasteiger partial charge in [0.15, 0.2) is 11.5 Å². The van der Waals surface area contributed by atoms with Crippen LogP contribution in [0.5, 0.6) is 17.2 Å². The van der Waals surface area contributed by atoms with Crippen LogP contribution in [0, 0.1) is 5.92 Å². The van der Waals surface area contributed by atoms with E-state index in [0.717, 1.165) is 37.1 Å². The molecule has 1 N–H and O–H groups in total. The van der Waals surface area contributed by atoms with E-state index in [2.05, 4.69) is 20.4 Å². The second-order valence-electron chi connectivity index (χ2n) is 8.77. The van der Waals surface area contributed by atoms with Gasteiger partial charge in [-0.1, -0.05) is 17.3 Å². The first-order valence-corrected chi connectivity index (χ1v) is 12.4. The summed E-state index contributed by atoms with van der Waals surface area (Å²) in [5.41, 5.74) is 1.96. The van der Waals surface area contributed by atoms with Crippen LogP contribution in [0.15, 0.2) is 47.0 Å². The number of benzene rings is 2. The summed E-state index contributed by atoms with van der Waals surface area (Å²) in [7, 11) is 3.18. The van der Waals surface area contributed by atoms with Crippen molar-refractivity contribution < 1.29 is 23.5 Å². The molecule has 1 fully saturated rings. The maximum Gasteiger partial charge on any atom is 0.241 e. The van der Waals surface area contributed by atoms with Crippen molar-refractivity contribution in [3.05, 3.63) is 53.9 Å². The Morgan fingerprint density at radius 3 is 2.69 bits per heavy atom. The Balaban J connectivity index is 1.27. The largest absolute Gasteiger partial charge is 0.494 e. The van der Waals surface area contributed by atoms with Gasteiger partial charge in [0.05, 0.1) is 33.3 Å². The summed E-state index contributed by atoms with van der Waals surface area (Å²) in [6.45, 7) is 5.31. The minimum absolute atomic E-state index is 0.0488. The Bertz CT molecular complexity index is 1130. The van der Waals surface area contributed by atoms with Crippen molar-refractivity contribution in [3.63, 3.8) is 0 Å². The number of ether oxygens (including phenoxy) is 3. The third kappa shape index (κ3) is 6.54. The molecule has 0 aliphatic carbocycles. The molecule has 1 amide bonds. The highest BCUT2D eigenvalue weighted by Gasteiger charge is 2.27. The Hall–Kier alpha value is -3.59. The lowest BCUT2D eigenvalue weighted by atomic mass is 9.97. The highest BCUT2D eigenvalue weighted by Crippen LogP contribution is 2.31. The Labute approximate surface area is 211 Å². The fourth-order valence-electron chi connectivity index (χ4n) is 4.41. The normalized spacial score (nSPS) is 15.9. The van der Waals surface area contributed by atoms with Gasteiger partial charge in [0.1, 0.15) is 5.75 Å². The third-order valence-electron chi connectivity index (χ3n) is 6.29. The standard InChI is InChI=1S/C27H34N4O5/c1-4-35-22-10-7-19(8-11-22)13-14-28-27(32)21-6-5-15-31(17-21)18-25-29-26(30-36-25)20-9-12-23(33-2)24(16-20)34-3/h7-12,16,21H,4-6,13-15,17-18H2,1-3H3,(H,28,32)/t21-/m1/s1. The quantitative estimate of drug-likeness (QED) is 0.431. The van der Waals surface area contributed by atoms with Crippen LogP contribution in [0.3, 0.4) is 0 Å². The molecule has 192 valence electrons. The first kappa shape index (κ1) is 25.5. The molecule has 1 aromatic heterocycles. The van der Waals surface area contributed by atoms with Crippen molar-refractivity contribution in [3.8, 4) is 28.6 Å². The lowest BCUT2D eigenvalue weighted by Gasteiger charge is -2.30. The van der Waals surface area contributed by atoms with Gasteiger partial charge in [0.25, 0.3) is 0 Å². The van der Waals surface area contributed by atoms with Crippen molar-refractivity contribution >= 4 is 5.91 Å². The summed E-state index contributed by atoms with van der Waals surface area (Å²) in [5.74, 6) is 3.18. The zero-order valence-electron chi connectivity index (χ0n) is 21.2. The summed E-state index contributed by atoms with van der Waals surface area (Å²) in [6, 6.07) is 13.5. The van der Waals surface area contributed by atoms with E-state index < -0.39 is 0 Å². The first-order valence-electron chi connectivity index (χ1n) is 12.4. The number of aromatic nitrogens is 2. The fourth-order valence-corrected chi connectivity index (χ4v) is 4.41. The molecule has 1 atom stereocenters. The van der Waals surface area contributed by atoms with E-state index in [0.29, 0.717) is 49.5 Å². The van der Waals surface area contributed by atoms with Crippen molar-refractivity contribution in [2.24, 2.45) is 5.92 Å². The van der Waals surface area contributed by atoms with E-state index in [9.17, 15) is 4.79 Å². The summed E-state index contributed by atoms with van der Waals surface area (Å²) >= 11 is 0. The van der Waals surface area contributed by atoms with Crippen LogP contribution in [0.4, 0.5) is 0 Å². The van der Waals surface area contributed by atoms with Crippen LogP contribution >= 0.6 is 0 Å². The predicted molar refractivity (Wildman–Crippen MR) is 135 cm³/mol. The van der Waals surface area contributed by atoms with E-state index in [4.69, 9.17) is 18.7 Å². The average Bonchev–Trinajstić information content (AvgIpc) is 3.38. The number of methoxy groups -OCH3 is 2. The Morgan fingerprint density at radius 2 is 1.94 bits per heavy atom. The molecule has 1 aliphatic heterocycles. The minimum atomic E-state index is -0.0488. The molecular weight excluding hydrogens is 460 g/mol. The number of carbonyl (C=O) groups is 1. The number of hydrogen-bond donors (Lipinski definition) is 1. The van der Waals surface area contributed by atoms with Crippen LogP contribution < -0.4 is 19.5 Å². The van der Waals surface area contributed by atoms with Gasteiger partial charge < -0.3 is 24.1 Å². The number of hydrogen-bond acceptors (Lipinski definition) is 8. The molecule has 0 radical (unpaired) electrons. The van der Waals surface area contributed by atoms with E-state index in [1.165, 1.54) is 5.56 Å². The zero-order valence-corrected chi connectivity index (χ0v) is 21.2.